The fourth-order valence-electron chi connectivity index (χ4n) is 2.40. The van der Waals surface area contributed by atoms with Gasteiger partial charge >= 0.3 is 5.97 Å². The number of thiophene rings is 1. The molecule has 0 atom stereocenters. The smallest absolute Gasteiger partial charge is 0.340 e. The highest BCUT2D eigenvalue weighted by atomic mass is 35.5. The monoisotopic (exact) mass is 393 g/mol. The van der Waals surface area contributed by atoms with Crippen LogP contribution in [0.1, 0.15) is 20.0 Å². The van der Waals surface area contributed by atoms with E-state index in [0.717, 1.165) is 11.3 Å². The molecule has 8 heteroatoms. The standard InChI is InChI=1S/C18H13ClFNO4S/c1-24-10-4-6-13(12(8-10)18(23)25-2)21-17(22)16-15(19)11-5-3-9(20)7-14(11)26-16/h3-8H,1-2H3,(H,21,22). The normalized spacial score (nSPS) is 10.6. The van der Waals surface area contributed by atoms with E-state index in [2.05, 4.69) is 5.32 Å². The Labute approximate surface area is 157 Å². The van der Waals surface area contributed by atoms with Crippen molar-refractivity contribution in [2.45, 2.75) is 0 Å². The van der Waals surface area contributed by atoms with E-state index in [-0.39, 0.29) is 21.2 Å². The van der Waals surface area contributed by atoms with Crippen LogP contribution in [0.3, 0.4) is 0 Å². The quantitative estimate of drug-likeness (QED) is 0.650. The highest BCUT2D eigenvalue weighted by Gasteiger charge is 2.20. The van der Waals surface area contributed by atoms with Gasteiger partial charge in [0.05, 0.1) is 30.5 Å². The molecule has 5 nitrogen and oxygen atoms in total. The number of carbonyl (C=O) groups is 2. The van der Waals surface area contributed by atoms with Crippen LogP contribution in [0.5, 0.6) is 5.75 Å². The number of hydrogen-bond donors (Lipinski definition) is 1. The Morgan fingerprint density at radius 2 is 1.92 bits per heavy atom. The Morgan fingerprint density at radius 3 is 2.62 bits per heavy atom. The lowest BCUT2D eigenvalue weighted by atomic mass is 10.1. The van der Waals surface area contributed by atoms with Crippen molar-refractivity contribution >= 4 is 50.6 Å². The first-order chi connectivity index (χ1) is 12.4. The van der Waals surface area contributed by atoms with Crippen LogP contribution < -0.4 is 10.1 Å². The average molecular weight is 394 g/mol. The molecule has 0 aliphatic rings. The van der Waals surface area contributed by atoms with Gasteiger partial charge in [-0.2, -0.15) is 0 Å². The molecule has 3 aromatic rings. The zero-order valence-corrected chi connectivity index (χ0v) is 15.3. The van der Waals surface area contributed by atoms with Gasteiger partial charge in [-0.05, 0) is 36.4 Å². The van der Waals surface area contributed by atoms with Crippen LogP contribution in [0.15, 0.2) is 36.4 Å². The summed E-state index contributed by atoms with van der Waals surface area (Å²) in [5.74, 6) is -1.10. The maximum Gasteiger partial charge on any atom is 0.340 e. The second-order valence-corrected chi connectivity index (χ2v) is 6.67. The summed E-state index contributed by atoms with van der Waals surface area (Å²) in [7, 11) is 2.70. The molecule has 134 valence electrons. The number of benzene rings is 2. The molecule has 0 bridgehead atoms. The zero-order valence-electron chi connectivity index (χ0n) is 13.8. The Kier molecular flexibility index (Phi) is 5.11. The summed E-state index contributed by atoms with van der Waals surface area (Å²) in [4.78, 5) is 24.8. The van der Waals surface area contributed by atoms with Crippen LogP contribution in [-0.4, -0.2) is 26.1 Å². The molecule has 26 heavy (non-hydrogen) atoms. The summed E-state index contributed by atoms with van der Waals surface area (Å²) >= 11 is 7.33. The number of halogens is 2. The van der Waals surface area contributed by atoms with Crippen molar-refractivity contribution < 1.29 is 23.5 Å². The van der Waals surface area contributed by atoms with E-state index in [4.69, 9.17) is 21.1 Å². The number of carbonyl (C=O) groups excluding carboxylic acids is 2. The number of amides is 1. The first-order valence-electron chi connectivity index (χ1n) is 7.40. The summed E-state index contributed by atoms with van der Waals surface area (Å²) in [6.07, 6.45) is 0. The molecule has 1 N–H and O–H groups in total. The average Bonchev–Trinajstić information content (AvgIpc) is 2.97. The predicted molar refractivity (Wildman–Crippen MR) is 99.1 cm³/mol. The molecule has 0 radical (unpaired) electrons. The van der Waals surface area contributed by atoms with Gasteiger partial charge in [-0.25, -0.2) is 9.18 Å². The number of nitrogens with one attached hydrogen (secondary N) is 1. The largest absolute Gasteiger partial charge is 0.497 e. The molecular formula is C18H13ClFNO4S. The summed E-state index contributed by atoms with van der Waals surface area (Å²) in [5.41, 5.74) is 0.394. The second-order valence-electron chi connectivity index (χ2n) is 5.24. The van der Waals surface area contributed by atoms with Crippen LogP contribution in [0.2, 0.25) is 5.02 Å². The lowest BCUT2D eigenvalue weighted by Crippen LogP contribution is -2.14. The first-order valence-corrected chi connectivity index (χ1v) is 8.59. The van der Waals surface area contributed by atoms with Gasteiger partial charge in [0.15, 0.2) is 0 Å². The fraction of sp³-hybridized carbons (Fsp3) is 0.111. The lowest BCUT2D eigenvalue weighted by molar-refractivity contribution is 0.0601. The summed E-state index contributed by atoms with van der Waals surface area (Å²) in [6.45, 7) is 0. The van der Waals surface area contributed by atoms with Crippen molar-refractivity contribution in [2.75, 3.05) is 19.5 Å². The molecule has 0 fully saturated rings. The fourth-order valence-corrected chi connectivity index (χ4v) is 3.84. The number of anilines is 1. The lowest BCUT2D eigenvalue weighted by Gasteiger charge is -2.11. The maximum absolute atomic E-state index is 13.4. The first kappa shape index (κ1) is 18.2. The van der Waals surface area contributed by atoms with Crippen LogP contribution in [-0.2, 0) is 4.74 Å². The zero-order chi connectivity index (χ0) is 18.8. The van der Waals surface area contributed by atoms with Crippen molar-refractivity contribution in [1.29, 1.82) is 0 Å². The topological polar surface area (TPSA) is 64.6 Å². The van der Waals surface area contributed by atoms with E-state index < -0.39 is 17.7 Å². The van der Waals surface area contributed by atoms with Crippen molar-refractivity contribution in [2.24, 2.45) is 0 Å². The Morgan fingerprint density at radius 1 is 1.15 bits per heavy atom. The minimum Gasteiger partial charge on any atom is -0.497 e. The minimum atomic E-state index is -0.622. The van der Waals surface area contributed by atoms with Gasteiger partial charge in [-0.15, -0.1) is 11.3 Å². The minimum absolute atomic E-state index is 0.142. The summed E-state index contributed by atoms with van der Waals surface area (Å²) in [6, 6.07) is 8.71. The summed E-state index contributed by atoms with van der Waals surface area (Å²) < 4.78 is 23.8. The van der Waals surface area contributed by atoms with E-state index in [9.17, 15) is 14.0 Å². The highest BCUT2D eigenvalue weighted by molar-refractivity contribution is 7.21. The molecule has 0 unspecified atom stereocenters. The molecule has 3 rings (SSSR count). The third-order valence-electron chi connectivity index (χ3n) is 3.68. The van der Waals surface area contributed by atoms with Gasteiger partial charge in [-0.3, -0.25) is 4.79 Å². The molecular weight excluding hydrogens is 381 g/mol. The number of methoxy groups -OCH3 is 2. The van der Waals surface area contributed by atoms with Gasteiger partial charge in [0.2, 0.25) is 0 Å². The molecule has 0 saturated carbocycles. The second kappa shape index (κ2) is 7.31. The van der Waals surface area contributed by atoms with Crippen molar-refractivity contribution in [3.8, 4) is 5.75 Å². The van der Waals surface area contributed by atoms with E-state index >= 15 is 0 Å². The molecule has 0 spiro atoms. The van der Waals surface area contributed by atoms with E-state index in [1.165, 1.54) is 44.6 Å². The number of fused-ring (bicyclic) bond motifs is 1. The maximum atomic E-state index is 13.4. The van der Waals surface area contributed by atoms with Gasteiger partial charge in [0.25, 0.3) is 5.91 Å². The highest BCUT2D eigenvalue weighted by Crippen LogP contribution is 2.36. The third kappa shape index (κ3) is 3.36. The molecule has 1 amide bonds. The van der Waals surface area contributed by atoms with Crippen molar-refractivity contribution in [1.82, 2.24) is 0 Å². The molecule has 0 aliphatic carbocycles. The Balaban J connectivity index is 1.98. The SMILES string of the molecule is COC(=O)c1cc(OC)ccc1NC(=O)c1sc2cc(F)ccc2c1Cl. The number of rotatable bonds is 4. The Hall–Kier alpha value is -2.64. The van der Waals surface area contributed by atoms with Crippen molar-refractivity contribution in [3.05, 3.63) is 57.7 Å². The number of esters is 1. The van der Waals surface area contributed by atoms with Crippen LogP contribution in [0.25, 0.3) is 10.1 Å². The Bertz CT molecular complexity index is 1020. The molecule has 1 heterocycles. The van der Waals surface area contributed by atoms with Crippen LogP contribution in [0.4, 0.5) is 10.1 Å². The van der Waals surface area contributed by atoms with Crippen LogP contribution in [0, 0.1) is 5.82 Å². The van der Waals surface area contributed by atoms with Gasteiger partial charge < -0.3 is 14.8 Å². The van der Waals surface area contributed by atoms with E-state index in [1.54, 1.807) is 6.07 Å². The molecule has 1 aromatic heterocycles. The number of hydrogen-bond acceptors (Lipinski definition) is 5. The van der Waals surface area contributed by atoms with E-state index in [1.807, 2.05) is 0 Å². The van der Waals surface area contributed by atoms with Crippen LogP contribution >= 0.6 is 22.9 Å². The molecule has 0 saturated heterocycles. The van der Waals surface area contributed by atoms with Gasteiger partial charge in [0.1, 0.15) is 16.4 Å². The summed E-state index contributed by atoms with van der Waals surface area (Å²) in [5, 5.41) is 3.47. The number of ether oxygens (including phenoxy) is 2. The predicted octanol–water partition coefficient (Wildman–Crippen LogP) is 4.74. The van der Waals surface area contributed by atoms with E-state index in [0.29, 0.717) is 15.8 Å². The van der Waals surface area contributed by atoms with Gasteiger partial charge in [0, 0.05) is 10.1 Å². The molecule has 0 aliphatic heterocycles. The molecule has 2 aromatic carbocycles. The van der Waals surface area contributed by atoms with Gasteiger partial charge in [-0.1, -0.05) is 11.6 Å². The van der Waals surface area contributed by atoms with Crippen molar-refractivity contribution in [3.63, 3.8) is 0 Å². The third-order valence-corrected chi connectivity index (χ3v) is 5.33.